The van der Waals surface area contributed by atoms with Gasteiger partial charge in [0.2, 0.25) is 0 Å². The van der Waals surface area contributed by atoms with Crippen molar-refractivity contribution in [3.05, 3.63) is 56.2 Å². The van der Waals surface area contributed by atoms with Crippen LogP contribution in [0.3, 0.4) is 0 Å². The average molecular weight is 461 g/mol. The van der Waals surface area contributed by atoms with Crippen LogP contribution in [0.15, 0.2) is 35.0 Å². The van der Waals surface area contributed by atoms with E-state index in [1.807, 2.05) is 16.8 Å². The van der Waals surface area contributed by atoms with Crippen molar-refractivity contribution in [3.63, 3.8) is 0 Å². The predicted molar refractivity (Wildman–Crippen MR) is 106 cm³/mol. The van der Waals surface area contributed by atoms with Crippen molar-refractivity contribution in [2.75, 3.05) is 11.9 Å². The maximum Gasteiger partial charge on any atom is 0.418 e. The summed E-state index contributed by atoms with van der Waals surface area (Å²) < 4.78 is 44.2. The molecule has 11 heteroatoms. The highest BCUT2D eigenvalue weighted by atomic mass is 35.5. The number of aryl methyl sites for hydroxylation is 1. The number of esters is 1. The van der Waals surface area contributed by atoms with Crippen molar-refractivity contribution in [1.29, 1.82) is 0 Å². The van der Waals surface area contributed by atoms with E-state index < -0.39 is 35.9 Å². The lowest BCUT2D eigenvalue weighted by Crippen LogP contribution is -2.22. The number of anilines is 1. The number of halogens is 4. The van der Waals surface area contributed by atoms with Crippen LogP contribution in [0.2, 0.25) is 5.02 Å². The van der Waals surface area contributed by atoms with Gasteiger partial charge < -0.3 is 10.1 Å². The summed E-state index contributed by atoms with van der Waals surface area (Å²) in [5.74, 6) is -1.69. The van der Waals surface area contributed by atoms with Gasteiger partial charge >= 0.3 is 12.1 Å². The van der Waals surface area contributed by atoms with Gasteiger partial charge in [-0.05, 0) is 36.6 Å². The Morgan fingerprint density at radius 1 is 1.28 bits per heavy atom. The largest absolute Gasteiger partial charge is 0.451 e. The molecule has 0 fully saturated rings. The second-order valence-electron chi connectivity index (χ2n) is 5.76. The van der Waals surface area contributed by atoms with Crippen LogP contribution in [0, 0.1) is 6.92 Å². The fraction of sp³-hybridized carbons (Fsp3) is 0.167. The normalized spacial score (nSPS) is 11.3. The third-order valence-electron chi connectivity index (χ3n) is 3.65. The number of ether oxygens (including phenoxy) is 1. The van der Waals surface area contributed by atoms with Crippen LogP contribution in [-0.4, -0.2) is 23.5 Å². The van der Waals surface area contributed by atoms with Crippen molar-refractivity contribution >= 4 is 51.8 Å². The zero-order chi connectivity index (χ0) is 21.2. The second kappa shape index (κ2) is 8.52. The Balaban J connectivity index is 1.65. The number of nitrogens with one attached hydrogen (secondary N) is 1. The van der Waals surface area contributed by atoms with Gasteiger partial charge in [-0.25, -0.2) is 9.78 Å². The van der Waals surface area contributed by atoms with Gasteiger partial charge in [0.05, 0.1) is 16.9 Å². The Kier molecular flexibility index (Phi) is 6.25. The highest BCUT2D eigenvalue weighted by molar-refractivity contribution is 7.17. The van der Waals surface area contributed by atoms with Crippen molar-refractivity contribution in [2.24, 2.45) is 0 Å². The number of aromatic nitrogens is 1. The lowest BCUT2D eigenvalue weighted by Gasteiger charge is -2.14. The molecule has 2 heterocycles. The number of thiophene rings is 1. The number of rotatable bonds is 5. The van der Waals surface area contributed by atoms with Gasteiger partial charge in [-0.1, -0.05) is 11.6 Å². The maximum absolute atomic E-state index is 13.1. The third kappa shape index (κ3) is 5.14. The van der Waals surface area contributed by atoms with Crippen LogP contribution < -0.4 is 5.32 Å². The van der Waals surface area contributed by atoms with E-state index in [9.17, 15) is 22.8 Å². The quantitative estimate of drug-likeness (QED) is 0.500. The molecule has 29 heavy (non-hydrogen) atoms. The van der Waals surface area contributed by atoms with Crippen LogP contribution in [0.25, 0.3) is 10.6 Å². The molecule has 0 aliphatic carbocycles. The maximum atomic E-state index is 13.1. The fourth-order valence-corrected chi connectivity index (χ4v) is 4.18. The molecule has 5 nitrogen and oxygen atoms in total. The molecule has 0 aliphatic heterocycles. The molecule has 0 unspecified atom stereocenters. The molecule has 1 N–H and O–H groups in total. The van der Waals surface area contributed by atoms with Crippen molar-refractivity contribution in [1.82, 2.24) is 4.98 Å². The van der Waals surface area contributed by atoms with E-state index in [-0.39, 0.29) is 9.90 Å². The molecular formula is C18H12ClF3N2O3S2. The predicted octanol–water partition coefficient (Wildman–Crippen LogP) is 5.65. The number of carbonyl (C=O) groups excluding carboxylic acids is 2. The zero-order valence-corrected chi connectivity index (χ0v) is 17.1. The third-order valence-corrected chi connectivity index (χ3v) is 5.75. The van der Waals surface area contributed by atoms with Gasteiger partial charge in [-0.3, -0.25) is 4.79 Å². The van der Waals surface area contributed by atoms with Gasteiger partial charge in [-0.2, -0.15) is 24.5 Å². The summed E-state index contributed by atoms with van der Waals surface area (Å²) in [5, 5.41) is 6.36. The lowest BCUT2D eigenvalue weighted by atomic mass is 10.1. The molecular weight excluding hydrogens is 449 g/mol. The molecule has 152 valence electrons. The summed E-state index contributed by atoms with van der Waals surface area (Å²) in [4.78, 5) is 28.8. The number of amides is 1. The van der Waals surface area contributed by atoms with Crippen LogP contribution in [0.4, 0.5) is 18.9 Å². The molecule has 0 spiro atoms. The van der Waals surface area contributed by atoms with E-state index in [4.69, 9.17) is 16.3 Å². The molecule has 0 bridgehead atoms. The van der Waals surface area contributed by atoms with Gasteiger partial charge in [-0.15, -0.1) is 11.3 Å². The molecule has 0 saturated carbocycles. The first-order valence-corrected chi connectivity index (χ1v) is 10.1. The number of alkyl halides is 3. The molecule has 1 aromatic carbocycles. The average Bonchev–Trinajstić information content (AvgIpc) is 3.30. The van der Waals surface area contributed by atoms with Crippen LogP contribution >= 0.6 is 34.3 Å². The first-order valence-electron chi connectivity index (χ1n) is 7.99. The van der Waals surface area contributed by atoms with E-state index in [1.165, 1.54) is 17.4 Å². The monoisotopic (exact) mass is 460 g/mol. The molecule has 3 aromatic rings. The number of hydrogen-bond acceptors (Lipinski definition) is 6. The molecule has 0 radical (unpaired) electrons. The molecule has 3 rings (SSSR count). The smallest absolute Gasteiger partial charge is 0.418 e. The van der Waals surface area contributed by atoms with Gasteiger partial charge in [0.1, 0.15) is 9.88 Å². The summed E-state index contributed by atoms with van der Waals surface area (Å²) in [6, 6.07) is 4.81. The number of carbonyl (C=O) groups is 2. The van der Waals surface area contributed by atoms with Gasteiger partial charge in [0, 0.05) is 16.0 Å². The Morgan fingerprint density at radius 3 is 2.69 bits per heavy atom. The van der Waals surface area contributed by atoms with Crippen LogP contribution in [-0.2, 0) is 15.7 Å². The topological polar surface area (TPSA) is 68.3 Å². The Morgan fingerprint density at radius 2 is 2.03 bits per heavy atom. The zero-order valence-electron chi connectivity index (χ0n) is 14.7. The molecule has 0 saturated heterocycles. The van der Waals surface area contributed by atoms with E-state index >= 15 is 0 Å². The molecule has 2 aromatic heterocycles. The van der Waals surface area contributed by atoms with Crippen LogP contribution in [0.5, 0.6) is 0 Å². The lowest BCUT2D eigenvalue weighted by molar-refractivity contribution is -0.137. The standard InChI is InChI=1S/C18H12ClF3N2O3S2/c1-9-15(29-16(23-9)10-4-5-28-8-10)17(26)27-7-14(25)24-13-3-2-11(19)6-12(13)18(20,21)22/h2-6,8H,7H2,1H3,(H,24,25). The number of nitrogens with zero attached hydrogens (tertiary/aromatic N) is 1. The summed E-state index contributed by atoms with van der Waals surface area (Å²) in [6.45, 7) is 0.885. The highest BCUT2D eigenvalue weighted by Crippen LogP contribution is 2.36. The van der Waals surface area contributed by atoms with Gasteiger partial charge in [0.15, 0.2) is 6.61 Å². The Hall–Kier alpha value is -2.43. The molecule has 0 aliphatic rings. The van der Waals surface area contributed by atoms with Gasteiger partial charge in [0.25, 0.3) is 5.91 Å². The summed E-state index contributed by atoms with van der Waals surface area (Å²) >= 11 is 8.20. The first kappa shape index (κ1) is 21.3. The minimum Gasteiger partial charge on any atom is -0.451 e. The minimum absolute atomic E-state index is 0.121. The fourth-order valence-electron chi connectivity index (χ4n) is 2.34. The van der Waals surface area contributed by atoms with E-state index in [2.05, 4.69) is 10.3 Å². The van der Waals surface area contributed by atoms with E-state index in [1.54, 1.807) is 6.92 Å². The summed E-state index contributed by atoms with van der Waals surface area (Å²) in [5.41, 5.74) is -0.263. The van der Waals surface area contributed by atoms with Crippen molar-refractivity contribution in [3.8, 4) is 10.6 Å². The molecule has 0 atom stereocenters. The second-order valence-corrected chi connectivity index (χ2v) is 7.97. The minimum atomic E-state index is -4.71. The Bertz CT molecular complexity index is 1050. The number of thiazole rings is 1. The van der Waals surface area contributed by atoms with Crippen molar-refractivity contribution in [2.45, 2.75) is 13.1 Å². The number of hydrogen-bond donors (Lipinski definition) is 1. The SMILES string of the molecule is Cc1nc(-c2ccsc2)sc1C(=O)OCC(=O)Nc1ccc(Cl)cc1C(F)(F)F. The summed E-state index contributed by atoms with van der Waals surface area (Å²) in [7, 11) is 0. The Labute approximate surface area is 176 Å². The highest BCUT2D eigenvalue weighted by Gasteiger charge is 2.34. The van der Waals surface area contributed by atoms with Crippen molar-refractivity contribution < 1.29 is 27.5 Å². The molecule has 1 amide bonds. The van der Waals surface area contributed by atoms with E-state index in [0.29, 0.717) is 16.8 Å². The van der Waals surface area contributed by atoms with E-state index in [0.717, 1.165) is 23.0 Å². The first-order chi connectivity index (χ1) is 13.6. The summed E-state index contributed by atoms with van der Waals surface area (Å²) in [6.07, 6.45) is -4.71. The van der Waals surface area contributed by atoms with Crippen LogP contribution in [0.1, 0.15) is 20.9 Å². The number of benzene rings is 1.